The molecule has 0 aliphatic heterocycles. The van der Waals surface area contributed by atoms with E-state index < -0.39 is 0 Å². The van der Waals surface area contributed by atoms with Gasteiger partial charge in [0.1, 0.15) is 0 Å². The second kappa shape index (κ2) is 6.30. The maximum Gasteiger partial charge on any atom is 0.0627 e. The molecule has 3 heteroatoms. The van der Waals surface area contributed by atoms with Gasteiger partial charge in [0.2, 0.25) is 0 Å². The van der Waals surface area contributed by atoms with E-state index in [1.807, 2.05) is 0 Å². The molecule has 2 fully saturated rings. The molecule has 2 atom stereocenters. The van der Waals surface area contributed by atoms with Crippen molar-refractivity contribution in [2.24, 2.45) is 5.92 Å². The zero-order valence-electron chi connectivity index (χ0n) is 11.7. The van der Waals surface area contributed by atoms with Gasteiger partial charge in [0.25, 0.3) is 0 Å². The lowest BCUT2D eigenvalue weighted by atomic mass is 9.95. The van der Waals surface area contributed by atoms with Gasteiger partial charge in [-0.15, -0.1) is 11.6 Å². The van der Waals surface area contributed by atoms with Gasteiger partial charge in [-0.1, -0.05) is 32.1 Å². The first-order valence-electron chi connectivity index (χ1n) is 7.99. The van der Waals surface area contributed by atoms with Crippen molar-refractivity contribution in [2.45, 2.75) is 75.6 Å². The summed E-state index contributed by atoms with van der Waals surface area (Å²) in [5, 5.41) is 5.21. The molecule has 3 rings (SSSR count). The van der Waals surface area contributed by atoms with Crippen LogP contribution in [0, 0.1) is 5.92 Å². The Bertz CT molecular complexity index is 395. The van der Waals surface area contributed by atoms with E-state index in [2.05, 4.69) is 16.9 Å². The minimum atomic E-state index is 0.393. The summed E-state index contributed by atoms with van der Waals surface area (Å²) >= 11 is 6.37. The summed E-state index contributed by atoms with van der Waals surface area (Å²) in [5.41, 5.74) is 1.28. The highest BCUT2D eigenvalue weighted by atomic mass is 35.5. The van der Waals surface area contributed by atoms with Crippen LogP contribution in [0.25, 0.3) is 0 Å². The molecule has 19 heavy (non-hydrogen) atoms. The molecule has 2 nitrogen and oxygen atoms in total. The van der Waals surface area contributed by atoms with Crippen LogP contribution in [0.4, 0.5) is 0 Å². The number of alkyl halides is 1. The van der Waals surface area contributed by atoms with Crippen molar-refractivity contribution >= 4 is 11.6 Å². The van der Waals surface area contributed by atoms with Crippen molar-refractivity contribution in [3.8, 4) is 0 Å². The van der Waals surface area contributed by atoms with Gasteiger partial charge in [-0.2, -0.15) is 5.10 Å². The van der Waals surface area contributed by atoms with E-state index in [-0.39, 0.29) is 0 Å². The molecule has 0 amide bonds. The van der Waals surface area contributed by atoms with E-state index in [1.165, 1.54) is 63.5 Å². The third kappa shape index (κ3) is 3.53. The van der Waals surface area contributed by atoms with Crippen LogP contribution in [0.3, 0.4) is 0 Å². The zero-order valence-corrected chi connectivity index (χ0v) is 12.5. The molecule has 106 valence electrons. The van der Waals surface area contributed by atoms with Crippen molar-refractivity contribution in [1.82, 2.24) is 9.78 Å². The Morgan fingerprint density at radius 3 is 2.68 bits per heavy atom. The number of hydrogen-bond donors (Lipinski definition) is 0. The Labute approximate surface area is 121 Å². The number of hydrogen-bond acceptors (Lipinski definition) is 1. The average molecular weight is 281 g/mol. The summed E-state index contributed by atoms with van der Waals surface area (Å²) in [6.07, 6.45) is 15.1. The monoisotopic (exact) mass is 280 g/mol. The predicted octanol–water partition coefficient (Wildman–Crippen LogP) is 4.73. The van der Waals surface area contributed by atoms with Crippen LogP contribution in [0.1, 0.15) is 69.5 Å². The van der Waals surface area contributed by atoms with Gasteiger partial charge >= 0.3 is 0 Å². The highest BCUT2D eigenvalue weighted by Crippen LogP contribution is 2.31. The van der Waals surface area contributed by atoms with E-state index >= 15 is 0 Å². The largest absolute Gasteiger partial charge is 0.269 e. The molecule has 2 aliphatic carbocycles. The van der Waals surface area contributed by atoms with Crippen molar-refractivity contribution in [3.63, 3.8) is 0 Å². The van der Waals surface area contributed by atoms with Gasteiger partial charge in [0, 0.05) is 11.6 Å². The molecule has 0 N–H and O–H groups in total. The first-order valence-corrected chi connectivity index (χ1v) is 8.43. The number of halogens is 1. The molecule has 0 aromatic carbocycles. The standard InChI is InChI=1S/C16H25ClN2/c17-14-6-2-1-5-13(11-14)12-15-9-10-19(18-15)16-7-3-4-8-16/h9-10,13-14,16H,1-8,11-12H2. The summed E-state index contributed by atoms with van der Waals surface area (Å²) in [7, 11) is 0. The fourth-order valence-electron chi connectivity index (χ4n) is 3.74. The van der Waals surface area contributed by atoms with Crippen LogP contribution in [-0.2, 0) is 6.42 Å². The van der Waals surface area contributed by atoms with Gasteiger partial charge in [-0.25, -0.2) is 0 Å². The Kier molecular flexibility index (Phi) is 4.47. The van der Waals surface area contributed by atoms with E-state index in [1.54, 1.807) is 0 Å². The van der Waals surface area contributed by atoms with E-state index in [0.29, 0.717) is 11.4 Å². The van der Waals surface area contributed by atoms with Crippen molar-refractivity contribution in [3.05, 3.63) is 18.0 Å². The lowest BCUT2D eigenvalue weighted by Crippen LogP contribution is -2.10. The summed E-state index contributed by atoms with van der Waals surface area (Å²) < 4.78 is 2.22. The third-order valence-corrected chi connectivity index (χ3v) is 5.23. The molecule has 0 spiro atoms. The van der Waals surface area contributed by atoms with E-state index in [9.17, 15) is 0 Å². The van der Waals surface area contributed by atoms with Crippen LogP contribution in [-0.4, -0.2) is 15.2 Å². The molecule has 1 aromatic rings. The fourth-order valence-corrected chi connectivity index (χ4v) is 4.14. The number of nitrogens with zero attached hydrogens (tertiary/aromatic N) is 2. The van der Waals surface area contributed by atoms with Crippen LogP contribution in [0.2, 0.25) is 0 Å². The van der Waals surface area contributed by atoms with Crippen LogP contribution in [0.5, 0.6) is 0 Å². The van der Waals surface area contributed by atoms with Crippen LogP contribution in [0.15, 0.2) is 12.3 Å². The maximum absolute atomic E-state index is 6.37. The molecular weight excluding hydrogens is 256 g/mol. The van der Waals surface area contributed by atoms with E-state index in [4.69, 9.17) is 16.7 Å². The third-order valence-electron chi connectivity index (χ3n) is 4.83. The first-order chi connectivity index (χ1) is 9.31. The van der Waals surface area contributed by atoms with Crippen LogP contribution < -0.4 is 0 Å². The van der Waals surface area contributed by atoms with Crippen molar-refractivity contribution < 1.29 is 0 Å². The van der Waals surface area contributed by atoms with Gasteiger partial charge in [-0.05, 0) is 44.1 Å². The molecular formula is C16H25ClN2. The average Bonchev–Trinajstić information content (AvgIpc) is 3.01. The summed E-state index contributed by atoms with van der Waals surface area (Å²) in [6.45, 7) is 0. The van der Waals surface area contributed by atoms with Crippen molar-refractivity contribution in [1.29, 1.82) is 0 Å². The minimum absolute atomic E-state index is 0.393. The molecule has 1 heterocycles. The molecule has 1 aromatic heterocycles. The SMILES string of the molecule is ClC1CCCCC(Cc2ccn(C3CCCC3)n2)C1. The van der Waals surface area contributed by atoms with Crippen LogP contribution >= 0.6 is 11.6 Å². The molecule has 2 unspecified atom stereocenters. The molecule has 2 aliphatic rings. The summed E-state index contributed by atoms with van der Waals surface area (Å²) in [5.74, 6) is 0.747. The highest BCUT2D eigenvalue weighted by molar-refractivity contribution is 6.20. The van der Waals surface area contributed by atoms with Gasteiger partial charge in [0.15, 0.2) is 0 Å². The Morgan fingerprint density at radius 1 is 1.11 bits per heavy atom. The number of aromatic nitrogens is 2. The minimum Gasteiger partial charge on any atom is -0.269 e. The Hall–Kier alpha value is -0.500. The maximum atomic E-state index is 6.37. The fraction of sp³-hybridized carbons (Fsp3) is 0.812. The number of rotatable bonds is 3. The van der Waals surface area contributed by atoms with E-state index in [0.717, 1.165) is 12.3 Å². The highest BCUT2D eigenvalue weighted by Gasteiger charge is 2.21. The topological polar surface area (TPSA) is 17.8 Å². The molecule has 0 saturated heterocycles. The van der Waals surface area contributed by atoms with Gasteiger partial charge in [0.05, 0.1) is 11.7 Å². The van der Waals surface area contributed by atoms with Crippen molar-refractivity contribution in [2.75, 3.05) is 0 Å². The predicted molar refractivity (Wildman–Crippen MR) is 79.7 cm³/mol. The summed E-state index contributed by atoms with van der Waals surface area (Å²) in [4.78, 5) is 0. The Balaban J connectivity index is 1.59. The molecule has 0 bridgehead atoms. The second-order valence-corrected chi connectivity index (χ2v) is 7.03. The normalized spacial score (nSPS) is 29.5. The first kappa shape index (κ1) is 13.5. The lowest BCUT2D eigenvalue weighted by molar-refractivity contribution is 0.435. The lowest BCUT2D eigenvalue weighted by Gasteiger charge is -2.14. The van der Waals surface area contributed by atoms with Gasteiger partial charge in [-0.3, -0.25) is 4.68 Å². The van der Waals surface area contributed by atoms with Gasteiger partial charge < -0.3 is 0 Å². The molecule has 0 radical (unpaired) electrons. The second-order valence-electron chi connectivity index (χ2n) is 6.41. The smallest absolute Gasteiger partial charge is 0.0627 e. The Morgan fingerprint density at radius 2 is 1.84 bits per heavy atom. The zero-order chi connectivity index (χ0) is 13.1. The molecule has 2 saturated carbocycles. The summed E-state index contributed by atoms with van der Waals surface area (Å²) in [6, 6.07) is 2.90. The quantitative estimate of drug-likeness (QED) is 0.578.